The van der Waals surface area contributed by atoms with Crippen LogP contribution in [-0.4, -0.2) is 25.2 Å². The van der Waals surface area contributed by atoms with Gasteiger partial charge >= 0.3 is 5.69 Å². The fourth-order valence-corrected chi connectivity index (χ4v) is 3.60. The van der Waals surface area contributed by atoms with Crippen molar-refractivity contribution in [2.75, 3.05) is 0 Å². The molecule has 0 bridgehead atoms. The van der Waals surface area contributed by atoms with Gasteiger partial charge < -0.3 is 5.11 Å². The number of nitro benzene ring substituents is 1. The molecule has 0 radical (unpaired) electrons. The average Bonchev–Trinajstić information content (AvgIpc) is 2.85. The molecule has 2 aromatic carbocycles. The zero-order chi connectivity index (χ0) is 18.0. The van der Waals surface area contributed by atoms with Crippen LogP contribution in [0.5, 0.6) is 5.75 Å². The number of thioether (sulfide) groups is 1. The third-order valence-electron chi connectivity index (χ3n) is 3.59. The second-order valence-electron chi connectivity index (χ2n) is 5.23. The molecule has 0 unspecified atom stereocenters. The first-order valence-electron chi connectivity index (χ1n) is 7.23. The van der Waals surface area contributed by atoms with Gasteiger partial charge in [0.1, 0.15) is 4.32 Å². The van der Waals surface area contributed by atoms with Crippen molar-refractivity contribution in [3.8, 4) is 5.75 Å². The van der Waals surface area contributed by atoms with E-state index in [9.17, 15) is 20.0 Å². The fraction of sp³-hybridized carbons (Fsp3) is 0.0588. The third-order valence-corrected chi connectivity index (χ3v) is 4.96. The Morgan fingerprint density at radius 1 is 1.20 bits per heavy atom. The highest BCUT2D eigenvalue weighted by Crippen LogP contribution is 2.37. The smallest absolute Gasteiger partial charge is 0.311 e. The fourth-order valence-electron chi connectivity index (χ4n) is 2.36. The van der Waals surface area contributed by atoms with Gasteiger partial charge in [-0.2, -0.15) is 0 Å². The molecule has 1 amide bonds. The van der Waals surface area contributed by atoms with Gasteiger partial charge in [0.05, 0.1) is 16.4 Å². The number of aromatic hydroxyl groups is 1. The molecule has 1 aliphatic heterocycles. The van der Waals surface area contributed by atoms with E-state index in [2.05, 4.69) is 0 Å². The van der Waals surface area contributed by atoms with Crippen LogP contribution in [0.15, 0.2) is 53.4 Å². The van der Waals surface area contributed by atoms with Crippen LogP contribution >= 0.6 is 24.0 Å². The Morgan fingerprint density at radius 2 is 1.92 bits per heavy atom. The molecule has 1 heterocycles. The molecule has 0 aromatic heterocycles. The van der Waals surface area contributed by atoms with Crippen molar-refractivity contribution >= 4 is 46.0 Å². The molecule has 1 N–H and O–H groups in total. The van der Waals surface area contributed by atoms with E-state index < -0.39 is 16.4 Å². The van der Waals surface area contributed by atoms with Crippen LogP contribution in [0.1, 0.15) is 11.1 Å². The summed E-state index contributed by atoms with van der Waals surface area (Å²) in [6, 6.07) is 13.6. The van der Waals surface area contributed by atoms with Crippen LogP contribution in [0.3, 0.4) is 0 Å². The van der Waals surface area contributed by atoms with Crippen molar-refractivity contribution in [3.05, 3.63) is 74.7 Å². The van der Waals surface area contributed by atoms with Gasteiger partial charge in [-0.25, -0.2) is 0 Å². The van der Waals surface area contributed by atoms with Gasteiger partial charge in [0.25, 0.3) is 5.91 Å². The number of nitro groups is 1. The summed E-state index contributed by atoms with van der Waals surface area (Å²) in [6.45, 7) is 0.351. The van der Waals surface area contributed by atoms with Crippen LogP contribution in [0.25, 0.3) is 6.08 Å². The standard InChI is InChI=1S/C17H12N2O4S2/c20-15-12(7-4-8-13(15)19(22)23)9-14-16(21)18(17(24)25-14)10-11-5-2-1-3-6-11/h1-9,20H,10H2/b14-9-. The first kappa shape index (κ1) is 17.1. The van der Waals surface area contributed by atoms with Crippen molar-refractivity contribution in [3.63, 3.8) is 0 Å². The maximum absolute atomic E-state index is 12.6. The Bertz CT molecular complexity index is 897. The van der Waals surface area contributed by atoms with Gasteiger partial charge in [0.15, 0.2) is 0 Å². The van der Waals surface area contributed by atoms with Gasteiger partial charge in [-0.15, -0.1) is 0 Å². The topological polar surface area (TPSA) is 83.7 Å². The highest BCUT2D eigenvalue weighted by Gasteiger charge is 2.32. The van der Waals surface area contributed by atoms with E-state index in [-0.39, 0.29) is 11.5 Å². The summed E-state index contributed by atoms with van der Waals surface area (Å²) in [5.74, 6) is -0.759. The number of carbonyl (C=O) groups is 1. The SMILES string of the molecule is O=C1/C(=C/c2cccc([N+](=O)[O-])c2O)SC(=S)N1Cc1ccccc1. The largest absolute Gasteiger partial charge is 0.502 e. The normalized spacial score (nSPS) is 15.8. The Hall–Kier alpha value is -2.71. The molecule has 6 nitrogen and oxygen atoms in total. The predicted molar refractivity (Wildman–Crippen MR) is 99.9 cm³/mol. The van der Waals surface area contributed by atoms with Crippen LogP contribution in [0.2, 0.25) is 0 Å². The lowest BCUT2D eigenvalue weighted by atomic mass is 10.1. The Morgan fingerprint density at radius 3 is 2.60 bits per heavy atom. The molecule has 1 fully saturated rings. The second-order valence-corrected chi connectivity index (χ2v) is 6.90. The van der Waals surface area contributed by atoms with Crippen LogP contribution in [0.4, 0.5) is 5.69 Å². The molecular weight excluding hydrogens is 360 g/mol. The number of phenols is 1. The molecule has 1 saturated heterocycles. The molecule has 25 heavy (non-hydrogen) atoms. The van der Waals surface area contributed by atoms with E-state index in [4.69, 9.17) is 12.2 Å². The van der Waals surface area contributed by atoms with Gasteiger partial charge in [-0.05, 0) is 11.6 Å². The number of thiocarbonyl (C=S) groups is 1. The minimum absolute atomic E-state index is 0.203. The van der Waals surface area contributed by atoms with E-state index >= 15 is 0 Å². The first-order valence-corrected chi connectivity index (χ1v) is 8.45. The molecule has 1 aliphatic rings. The summed E-state index contributed by atoms with van der Waals surface area (Å²) in [5.41, 5.74) is 0.737. The Labute approximate surface area is 152 Å². The molecular formula is C17H12N2O4S2. The summed E-state index contributed by atoms with van der Waals surface area (Å²) in [7, 11) is 0. The second kappa shape index (κ2) is 7.04. The zero-order valence-electron chi connectivity index (χ0n) is 12.8. The number of amides is 1. The average molecular weight is 372 g/mol. The number of carbonyl (C=O) groups excluding carboxylic acids is 1. The summed E-state index contributed by atoms with van der Waals surface area (Å²) >= 11 is 6.37. The maximum atomic E-state index is 12.6. The summed E-state index contributed by atoms with van der Waals surface area (Å²) in [5, 5.41) is 20.9. The highest BCUT2D eigenvalue weighted by atomic mass is 32.2. The molecule has 0 spiro atoms. The highest BCUT2D eigenvalue weighted by molar-refractivity contribution is 8.26. The number of para-hydroxylation sites is 1. The summed E-state index contributed by atoms with van der Waals surface area (Å²) < 4.78 is 0.407. The number of rotatable bonds is 4. The maximum Gasteiger partial charge on any atom is 0.311 e. The van der Waals surface area contributed by atoms with Crippen molar-refractivity contribution in [1.29, 1.82) is 0 Å². The van der Waals surface area contributed by atoms with E-state index in [0.717, 1.165) is 17.3 Å². The van der Waals surface area contributed by atoms with Gasteiger partial charge in [0, 0.05) is 11.6 Å². The minimum Gasteiger partial charge on any atom is -0.502 e. The van der Waals surface area contributed by atoms with Crippen molar-refractivity contribution in [2.45, 2.75) is 6.54 Å². The summed E-state index contributed by atoms with van der Waals surface area (Å²) in [4.78, 5) is 24.6. The van der Waals surface area contributed by atoms with Crippen molar-refractivity contribution in [2.24, 2.45) is 0 Å². The molecule has 8 heteroatoms. The van der Waals surface area contributed by atoms with Gasteiger partial charge in [0.2, 0.25) is 5.75 Å². The quantitative estimate of drug-likeness (QED) is 0.381. The van der Waals surface area contributed by atoms with Crippen LogP contribution in [0, 0.1) is 10.1 Å². The van der Waals surface area contributed by atoms with Gasteiger partial charge in [-0.1, -0.05) is 66.4 Å². The zero-order valence-corrected chi connectivity index (χ0v) is 14.4. The molecule has 0 atom stereocenters. The number of nitrogens with zero attached hydrogens (tertiary/aromatic N) is 2. The lowest BCUT2D eigenvalue weighted by Crippen LogP contribution is -2.27. The number of phenolic OH excluding ortho intramolecular Hbond substituents is 1. The molecule has 0 aliphatic carbocycles. The van der Waals surface area contributed by atoms with Crippen LogP contribution in [-0.2, 0) is 11.3 Å². The Balaban J connectivity index is 1.88. The van der Waals surface area contributed by atoms with Crippen LogP contribution < -0.4 is 0 Å². The number of benzene rings is 2. The molecule has 126 valence electrons. The Kier molecular flexibility index (Phi) is 4.82. The molecule has 3 rings (SSSR count). The lowest BCUT2D eigenvalue weighted by molar-refractivity contribution is -0.385. The van der Waals surface area contributed by atoms with E-state index in [1.807, 2.05) is 30.3 Å². The van der Waals surface area contributed by atoms with Gasteiger partial charge in [-0.3, -0.25) is 19.8 Å². The third kappa shape index (κ3) is 3.54. The van der Waals surface area contributed by atoms with E-state index in [0.29, 0.717) is 15.8 Å². The lowest BCUT2D eigenvalue weighted by Gasteiger charge is -2.14. The monoisotopic (exact) mass is 372 g/mol. The minimum atomic E-state index is -0.673. The van der Waals surface area contributed by atoms with Crippen molar-refractivity contribution in [1.82, 2.24) is 4.90 Å². The van der Waals surface area contributed by atoms with E-state index in [1.165, 1.54) is 29.2 Å². The van der Waals surface area contributed by atoms with E-state index in [1.54, 1.807) is 0 Å². The molecule has 0 saturated carbocycles. The number of hydrogen-bond acceptors (Lipinski definition) is 6. The predicted octanol–water partition coefficient (Wildman–Crippen LogP) is 3.70. The van der Waals surface area contributed by atoms with Crippen molar-refractivity contribution < 1.29 is 14.8 Å². The number of hydrogen-bond donors (Lipinski definition) is 1. The first-order chi connectivity index (χ1) is 12.0. The summed E-state index contributed by atoms with van der Waals surface area (Å²) in [6.07, 6.45) is 1.42. The molecule has 2 aromatic rings.